The molecule has 4 nitrogen and oxygen atoms in total. The maximum atomic E-state index is 12.9. The van der Waals surface area contributed by atoms with E-state index in [4.69, 9.17) is 4.74 Å². The molecule has 1 aromatic rings. The zero-order valence-electron chi connectivity index (χ0n) is 16.6. The van der Waals surface area contributed by atoms with Gasteiger partial charge < -0.3 is 4.74 Å². The van der Waals surface area contributed by atoms with E-state index in [1.165, 1.54) is 0 Å². The molecule has 2 fully saturated rings. The largest absolute Gasteiger partial charge is 0.426 e. The molecule has 4 atom stereocenters. The molecular weight excluding hydrogens is 340 g/mol. The van der Waals surface area contributed by atoms with Crippen LogP contribution in [0.1, 0.15) is 81.6 Å². The second kappa shape index (κ2) is 6.02. The van der Waals surface area contributed by atoms with Crippen LogP contribution in [-0.2, 0) is 9.59 Å². The smallest absolute Gasteiger partial charge is 0.316 e. The average molecular weight is 368 g/mol. The van der Waals surface area contributed by atoms with Crippen LogP contribution >= 0.6 is 0 Å². The number of ether oxygens (including phenoxy) is 1. The Morgan fingerprint density at radius 2 is 1.93 bits per heavy atom. The van der Waals surface area contributed by atoms with Crippen molar-refractivity contribution in [2.45, 2.75) is 65.7 Å². The van der Waals surface area contributed by atoms with Crippen molar-refractivity contribution in [2.75, 3.05) is 0 Å². The predicted octanol–water partition coefficient (Wildman–Crippen LogP) is 4.70. The molecule has 3 aliphatic carbocycles. The van der Waals surface area contributed by atoms with Gasteiger partial charge in [0.1, 0.15) is 11.5 Å². The van der Waals surface area contributed by atoms with Crippen LogP contribution in [-0.4, -0.2) is 17.5 Å². The topological polar surface area (TPSA) is 60.4 Å². The first-order chi connectivity index (χ1) is 12.6. The van der Waals surface area contributed by atoms with Crippen molar-refractivity contribution in [1.82, 2.24) is 0 Å². The summed E-state index contributed by atoms with van der Waals surface area (Å²) in [6.07, 6.45) is 3.94. The predicted molar refractivity (Wildman–Crippen MR) is 102 cm³/mol. The molecule has 3 aliphatic rings. The van der Waals surface area contributed by atoms with Crippen molar-refractivity contribution in [3.63, 3.8) is 0 Å². The van der Waals surface area contributed by atoms with Crippen molar-refractivity contribution in [1.29, 1.82) is 0 Å². The van der Waals surface area contributed by atoms with Crippen molar-refractivity contribution in [2.24, 2.45) is 22.7 Å². The maximum absolute atomic E-state index is 12.9. The normalized spacial score (nSPS) is 32.5. The van der Waals surface area contributed by atoms with Gasteiger partial charge in [0.05, 0.1) is 5.41 Å². The van der Waals surface area contributed by atoms with Gasteiger partial charge >= 0.3 is 5.97 Å². The highest BCUT2D eigenvalue weighted by molar-refractivity contribution is 6.00. The molecule has 27 heavy (non-hydrogen) atoms. The van der Waals surface area contributed by atoms with E-state index in [0.717, 1.165) is 24.8 Å². The molecule has 0 spiro atoms. The highest BCUT2D eigenvalue weighted by Gasteiger charge is 2.55. The van der Waals surface area contributed by atoms with Crippen LogP contribution in [0.15, 0.2) is 18.2 Å². The molecular formula is C23H28O4. The van der Waals surface area contributed by atoms with Gasteiger partial charge in [0.25, 0.3) is 0 Å². The number of fused-ring (bicyclic) bond motifs is 5. The number of esters is 1. The number of carbonyl (C=O) groups is 3. The minimum Gasteiger partial charge on any atom is -0.426 e. The monoisotopic (exact) mass is 368 g/mol. The molecule has 1 aromatic carbocycles. The summed E-state index contributed by atoms with van der Waals surface area (Å²) in [5.74, 6) is 1.54. The van der Waals surface area contributed by atoms with Gasteiger partial charge in [-0.15, -0.1) is 0 Å². The van der Waals surface area contributed by atoms with Crippen molar-refractivity contribution >= 4 is 17.5 Å². The Kier molecular flexibility index (Phi) is 4.10. The fourth-order valence-corrected chi connectivity index (χ4v) is 5.48. The van der Waals surface area contributed by atoms with E-state index < -0.39 is 5.41 Å². The molecule has 0 radical (unpaired) electrons. The highest BCUT2D eigenvalue weighted by atomic mass is 16.5. The zero-order chi connectivity index (χ0) is 19.6. The molecule has 0 saturated heterocycles. The molecule has 0 heterocycles. The Morgan fingerprint density at radius 3 is 2.63 bits per heavy atom. The lowest BCUT2D eigenvalue weighted by Crippen LogP contribution is -2.43. The number of hydrogen-bond acceptors (Lipinski definition) is 4. The Morgan fingerprint density at radius 1 is 1.19 bits per heavy atom. The van der Waals surface area contributed by atoms with Gasteiger partial charge in [0, 0.05) is 23.8 Å². The Hall–Kier alpha value is -1.97. The lowest BCUT2D eigenvalue weighted by Gasteiger charge is -2.47. The average Bonchev–Trinajstić information content (AvgIpc) is 2.90. The van der Waals surface area contributed by atoms with Gasteiger partial charge in [0.15, 0.2) is 5.78 Å². The molecule has 4 heteroatoms. The Bertz CT molecular complexity index is 831. The number of hydrogen-bond donors (Lipinski definition) is 0. The SMILES string of the molecule is CC(C)(C)C(=O)Oc1ccc2c(c1)C(=O)C[C@@H]1[C@@H]2CC[C@]2(C)C(=O)CC[C@@H]12. The van der Waals surface area contributed by atoms with Crippen LogP contribution in [0.3, 0.4) is 0 Å². The number of Topliss-reactive ketones (excluding diaryl/α,β-unsaturated/α-hetero) is 2. The third-order valence-electron chi connectivity index (χ3n) is 7.11. The molecule has 0 amide bonds. The van der Waals surface area contributed by atoms with Crippen LogP contribution in [0.25, 0.3) is 0 Å². The number of ketones is 2. The number of benzene rings is 1. The van der Waals surface area contributed by atoms with E-state index in [2.05, 4.69) is 6.92 Å². The summed E-state index contributed by atoms with van der Waals surface area (Å²) in [5, 5.41) is 0. The van der Waals surface area contributed by atoms with E-state index >= 15 is 0 Å². The minimum atomic E-state index is -0.589. The van der Waals surface area contributed by atoms with Crippen molar-refractivity contribution in [3.05, 3.63) is 29.3 Å². The standard InChI is InChI=1S/C23H28O4/c1-22(2,3)21(26)27-13-5-6-14-15-9-10-23(4)18(7-8-20(23)25)16(15)12-19(24)17(14)11-13/h5-6,11,15-16,18H,7-10,12H2,1-4H3/t15-,16-,18+,23+/m1/s1. The first-order valence-corrected chi connectivity index (χ1v) is 10.0. The van der Waals surface area contributed by atoms with E-state index in [0.29, 0.717) is 41.8 Å². The van der Waals surface area contributed by atoms with Crippen LogP contribution in [0.5, 0.6) is 5.75 Å². The van der Waals surface area contributed by atoms with Crippen LogP contribution in [0.4, 0.5) is 0 Å². The highest BCUT2D eigenvalue weighted by Crippen LogP contribution is 2.59. The summed E-state index contributed by atoms with van der Waals surface area (Å²) in [5.41, 5.74) is 0.950. The zero-order valence-corrected chi connectivity index (χ0v) is 16.6. The van der Waals surface area contributed by atoms with Gasteiger partial charge in [-0.1, -0.05) is 13.0 Å². The van der Waals surface area contributed by atoms with Gasteiger partial charge in [-0.3, -0.25) is 14.4 Å². The molecule has 0 aromatic heterocycles. The summed E-state index contributed by atoms with van der Waals surface area (Å²) >= 11 is 0. The summed E-state index contributed by atoms with van der Waals surface area (Å²) < 4.78 is 5.49. The second-order valence-corrected chi connectivity index (χ2v) is 9.81. The summed E-state index contributed by atoms with van der Waals surface area (Å²) in [6.45, 7) is 7.54. The van der Waals surface area contributed by atoms with Crippen molar-refractivity contribution < 1.29 is 19.1 Å². The molecule has 4 rings (SSSR count). The summed E-state index contributed by atoms with van der Waals surface area (Å²) in [6, 6.07) is 5.52. The number of rotatable bonds is 1. The Labute approximate surface area is 160 Å². The lowest BCUT2D eigenvalue weighted by molar-refractivity contribution is -0.143. The molecule has 144 valence electrons. The van der Waals surface area contributed by atoms with Gasteiger partial charge in [-0.2, -0.15) is 0 Å². The summed E-state index contributed by atoms with van der Waals surface area (Å²) in [4.78, 5) is 37.5. The molecule has 0 N–H and O–H groups in total. The number of carbonyl (C=O) groups excluding carboxylic acids is 3. The fraction of sp³-hybridized carbons (Fsp3) is 0.609. The van der Waals surface area contributed by atoms with E-state index in [1.54, 1.807) is 6.07 Å². The third kappa shape index (κ3) is 2.84. The second-order valence-electron chi connectivity index (χ2n) is 9.81. The van der Waals surface area contributed by atoms with Crippen LogP contribution in [0.2, 0.25) is 0 Å². The van der Waals surface area contributed by atoms with Crippen molar-refractivity contribution in [3.8, 4) is 5.75 Å². The first-order valence-electron chi connectivity index (χ1n) is 10.0. The maximum Gasteiger partial charge on any atom is 0.316 e. The fourth-order valence-electron chi connectivity index (χ4n) is 5.48. The van der Waals surface area contributed by atoms with Crippen LogP contribution in [0, 0.1) is 22.7 Å². The van der Waals surface area contributed by atoms with Gasteiger partial charge in [-0.05, 0) is 75.5 Å². The molecule has 2 saturated carbocycles. The molecule has 0 aliphatic heterocycles. The Balaban J connectivity index is 1.64. The van der Waals surface area contributed by atoms with E-state index in [9.17, 15) is 14.4 Å². The molecule has 0 unspecified atom stereocenters. The third-order valence-corrected chi connectivity index (χ3v) is 7.11. The van der Waals surface area contributed by atoms with E-state index in [1.807, 2.05) is 32.9 Å². The van der Waals surface area contributed by atoms with Gasteiger partial charge in [-0.25, -0.2) is 0 Å². The lowest BCUT2D eigenvalue weighted by atomic mass is 9.55. The van der Waals surface area contributed by atoms with E-state index in [-0.39, 0.29) is 23.1 Å². The van der Waals surface area contributed by atoms with Crippen LogP contribution < -0.4 is 4.74 Å². The minimum absolute atomic E-state index is 0.114. The van der Waals surface area contributed by atoms with Gasteiger partial charge in [0.2, 0.25) is 0 Å². The summed E-state index contributed by atoms with van der Waals surface area (Å²) in [7, 11) is 0. The quantitative estimate of drug-likeness (QED) is 0.532. The molecule has 0 bridgehead atoms. The first kappa shape index (κ1) is 18.4.